The van der Waals surface area contributed by atoms with Crippen LogP contribution >= 0.6 is 11.3 Å². The fourth-order valence-corrected chi connectivity index (χ4v) is 4.94. The molecular formula is C30H44N2O4S. The highest BCUT2D eigenvalue weighted by Gasteiger charge is 2.19. The van der Waals surface area contributed by atoms with Crippen molar-refractivity contribution in [3.8, 4) is 0 Å². The van der Waals surface area contributed by atoms with Gasteiger partial charge in [0.05, 0.1) is 10.7 Å². The molecule has 204 valence electrons. The second-order valence-corrected chi connectivity index (χ2v) is 11.3. The number of esters is 2. The Morgan fingerprint density at radius 2 is 1.97 bits per heavy atom. The van der Waals surface area contributed by atoms with Crippen LogP contribution in [-0.4, -0.2) is 54.7 Å². The standard InChI is InChI=1S/C30H44N2O4S/c1-22(16-17-32(5)6)14-15-24(3)19-27-20-28-31-26(21-37-28)11-7-8-12-29(33)35-25(4)18-23(2)10-9-13-30(34)36-27/h9-10,13-16,21,24-25,27H,7-8,11-12,17-20H2,1-6H3/t24?,25-,27?/m0/s1. The van der Waals surface area contributed by atoms with Gasteiger partial charge in [-0.25, -0.2) is 9.78 Å². The van der Waals surface area contributed by atoms with Crippen LogP contribution in [0, 0.1) is 5.92 Å². The topological polar surface area (TPSA) is 68.7 Å². The molecule has 3 atom stereocenters. The predicted octanol–water partition coefficient (Wildman–Crippen LogP) is 6.24. The Hall–Kier alpha value is -2.51. The van der Waals surface area contributed by atoms with Gasteiger partial charge in [0.2, 0.25) is 0 Å². The van der Waals surface area contributed by atoms with Crippen LogP contribution in [0.25, 0.3) is 0 Å². The lowest BCUT2D eigenvalue weighted by Gasteiger charge is -2.18. The number of fused-ring (bicyclic) bond motifs is 2. The molecule has 37 heavy (non-hydrogen) atoms. The van der Waals surface area contributed by atoms with Crippen molar-refractivity contribution in [1.82, 2.24) is 9.88 Å². The minimum Gasteiger partial charge on any atom is -0.462 e. The molecule has 2 bridgehead atoms. The van der Waals surface area contributed by atoms with E-state index in [1.165, 1.54) is 11.6 Å². The number of carbonyl (C=O) groups excluding carboxylic acids is 2. The van der Waals surface area contributed by atoms with Crippen molar-refractivity contribution in [3.63, 3.8) is 0 Å². The van der Waals surface area contributed by atoms with Gasteiger partial charge in [-0.3, -0.25) is 4.79 Å². The van der Waals surface area contributed by atoms with E-state index in [4.69, 9.17) is 14.5 Å². The number of aryl methyl sites for hydroxylation is 1. The van der Waals surface area contributed by atoms with Gasteiger partial charge in [0, 0.05) is 37.3 Å². The first-order chi connectivity index (χ1) is 17.6. The van der Waals surface area contributed by atoms with E-state index in [-0.39, 0.29) is 30.1 Å². The van der Waals surface area contributed by atoms with Crippen LogP contribution in [0.1, 0.15) is 70.5 Å². The molecule has 0 fully saturated rings. The summed E-state index contributed by atoms with van der Waals surface area (Å²) in [4.78, 5) is 31.7. The van der Waals surface area contributed by atoms with Gasteiger partial charge >= 0.3 is 11.9 Å². The van der Waals surface area contributed by atoms with Crippen LogP contribution in [-0.2, 0) is 31.9 Å². The molecule has 1 aromatic heterocycles. The van der Waals surface area contributed by atoms with Crippen molar-refractivity contribution in [3.05, 3.63) is 63.7 Å². The maximum absolute atomic E-state index is 12.6. The van der Waals surface area contributed by atoms with Crippen molar-refractivity contribution in [2.45, 2.75) is 84.8 Å². The molecule has 0 radical (unpaired) electrons. The number of aromatic nitrogens is 1. The van der Waals surface area contributed by atoms with Crippen molar-refractivity contribution >= 4 is 23.3 Å². The van der Waals surface area contributed by atoms with E-state index in [0.29, 0.717) is 19.3 Å². The summed E-state index contributed by atoms with van der Waals surface area (Å²) in [6.45, 7) is 9.02. The van der Waals surface area contributed by atoms with E-state index in [1.807, 2.05) is 19.9 Å². The number of allylic oxidation sites excluding steroid dienone is 5. The highest BCUT2D eigenvalue weighted by atomic mass is 32.1. The highest BCUT2D eigenvalue weighted by molar-refractivity contribution is 7.09. The highest BCUT2D eigenvalue weighted by Crippen LogP contribution is 2.21. The zero-order chi connectivity index (χ0) is 27.2. The van der Waals surface area contributed by atoms with Gasteiger partial charge in [-0.2, -0.15) is 0 Å². The molecule has 0 aliphatic carbocycles. The third kappa shape index (κ3) is 13.6. The number of hydrogen-bond acceptors (Lipinski definition) is 7. The average molecular weight is 529 g/mol. The Bertz CT molecular complexity index is 989. The number of ether oxygens (including phenoxy) is 2. The fraction of sp³-hybridized carbons (Fsp3) is 0.567. The minimum absolute atomic E-state index is 0.161. The summed E-state index contributed by atoms with van der Waals surface area (Å²) in [5.41, 5.74) is 3.28. The Balaban J connectivity index is 2.14. The summed E-state index contributed by atoms with van der Waals surface area (Å²) in [6.07, 6.45) is 16.0. The molecule has 0 saturated heterocycles. The largest absolute Gasteiger partial charge is 0.462 e. The van der Waals surface area contributed by atoms with Gasteiger partial charge in [0.1, 0.15) is 12.2 Å². The number of likely N-dealkylation sites (N-methyl/N-ethyl adjacent to an activating group) is 1. The van der Waals surface area contributed by atoms with Crippen LogP contribution in [0.4, 0.5) is 0 Å². The van der Waals surface area contributed by atoms with Crippen molar-refractivity contribution in [2.75, 3.05) is 20.6 Å². The van der Waals surface area contributed by atoms with Gasteiger partial charge in [-0.15, -0.1) is 11.3 Å². The van der Waals surface area contributed by atoms with Crippen molar-refractivity contribution in [2.24, 2.45) is 5.92 Å². The molecule has 0 N–H and O–H groups in total. The van der Waals surface area contributed by atoms with E-state index >= 15 is 0 Å². The predicted molar refractivity (Wildman–Crippen MR) is 152 cm³/mol. The van der Waals surface area contributed by atoms with Gasteiger partial charge in [0.25, 0.3) is 0 Å². The Labute approximate surface area is 227 Å². The molecule has 0 saturated carbocycles. The van der Waals surface area contributed by atoms with E-state index < -0.39 is 0 Å². The molecule has 2 unspecified atom stereocenters. The molecular weight excluding hydrogens is 484 g/mol. The second kappa shape index (κ2) is 16.4. The molecule has 6 nitrogen and oxygen atoms in total. The zero-order valence-electron chi connectivity index (χ0n) is 23.4. The maximum atomic E-state index is 12.6. The number of carbonyl (C=O) groups is 2. The first kappa shape index (κ1) is 30.7. The Kier molecular flexibility index (Phi) is 13.6. The fourth-order valence-electron chi connectivity index (χ4n) is 4.05. The van der Waals surface area contributed by atoms with Crippen LogP contribution in [0.3, 0.4) is 0 Å². The lowest BCUT2D eigenvalue weighted by atomic mass is 10.00. The normalized spacial score (nSPS) is 22.1. The summed E-state index contributed by atoms with van der Waals surface area (Å²) in [7, 11) is 4.11. The van der Waals surface area contributed by atoms with E-state index in [2.05, 4.69) is 56.5 Å². The molecule has 1 aliphatic heterocycles. The smallest absolute Gasteiger partial charge is 0.331 e. The van der Waals surface area contributed by atoms with Crippen LogP contribution in [0.5, 0.6) is 0 Å². The zero-order valence-corrected chi connectivity index (χ0v) is 24.2. The quantitative estimate of drug-likeness (QED) is 0.322. The maximum Gasteiger partial charge on any atom is 0.331 e. The number of cyclic esters (lactones) is 2. The van der Waals surface area contributed by atoms with Crippen LogP contribution in [0.15, 0.2) is 53.0 Å². The third-order valence-electron chi connectivity index (χ3n) is 6.00. The molecule has 2 heterocycles. The summed E-state index contributed by atoms with van der Waals surface area (Å²) in [6, 6.07) is 0. The van der Waals surface area contributed by atoms with Crippen molar-refractivity contribution in [1.29, 1.82) is 0 Å². The number of thiazole rings is 1. The SMILES string of the molecule is CC(C=CC(C)CC1Cc2nc(cs2)CCCCC(=O)O[C@@H](C)CC(C)=CC=CC(=O)O1)=CCN(C)C. The Morgan fingerprint density at radius 1 is 1.22 bits per heavy atom. The van der Waals surface area contributed by atoms with Crippen LogP contribution < -0.4 is 0 Å². The molecule has 0 aromatic carbocycles. The van der Waals surface area contributed by atoms with Gasteiger partial charge in [0.15, 0.2) is 0 Å². The van der Waals surface area contributed by atoms with Gasteiger partial charge < -0.3 is 14.4 Å². The Morgan fingerprint density at radius 3 is 2.73 bits per heavy atom. The summed E-state index contributed by atoms with van der Waals surface area (Å²) >= 11 is 1.61. The molecule has 1 aliphatic rings. The average Bonchev–Trinajstić information content (AvgIpc) is 3.25. The summed E-state index contributed by atoms with van der Waals surface area (Å²) in [5, 5.41) is 3.04. The number of rotatable bonds is 6. The number of hydrogen-bond donors (Lipinski definition) is 0. The van der Waals surface area contributed by atoms with E-state index in [1.54, 1.807) is 17.4 Å². The third-order valence-corrected chi connectivity index (χ3v) is 6.92. The molecule has 0 amide bonds. The van der Waals surface area contributed by atoms with E-state index in [0.717, 1.165) is 48.5 Å². The monoisotopic (exact) mass is 528 g/mol. The summed E-state index contributed by atoms with van der Waals surface area (Å²) < 4.78 is 11.4. The van der Waals surface area contributed by atoms with Crippen molar-refractivity contribution < 1.29 is 19.1 Å². The lowest BCUT2D eigenvalue weighted by Crippen LogP contribution is -2.22. The first-order valence-electron chi connectivity index (χ1n) is 13.3. The first-order valence-corrected chi connectivity index (χ1v) is 14.2. The molecule has 2 rings (SSSR count). The second-order valence-electron chi connectivity index (χ2n) is 10.4. The van der Waals surface area contributed by atoms with Gasteiger partial charge in [-0.05, 0) is 66.5 Å². The lowest BCUT2D eigenvalue weighted by molar-refractivity contribution is -0.148. The molecule has 0 spiro atoms. The van der Waals surface area contributed by atoms with E-state index in [9.17, 15) is 9.59 Å². The van der Waals surface area contributed by atoms with Gasteiger partial charge in [-0.1, -0.05) is 48.5 Å². The molecule has 1 aromatic rings. The van der Waals surface area contributed by atoms with Crippen LogP contribution in [0.2, 0.25) is 0 Å². The molecule has 7 heteroatoms. The summed E-state index contributed by atoms with van der Waals surface area (Å²) in [5.74, 6) is -0.279. The number of nitrogens with zero attached hydrogens (tertiary/aromatic N) is 2. The minimum atomic E-state index is -0.360.